The molecule has 0 bridgehead atoms. The number of anilines is 1. The molecule has 0 radical (unpaired) electrons. The van der Waals surface area contributed by atoms with Gasteiger partial charge in [0.25, 0.3) is 0 Å². The van der Waals surface area contributed by atoms with Crippen molar-refractivity contribution in [1.29, 1.82) is 0 Å². The predicted molar refractivity (Wildman–Crippen MR) is 81.8 cm³/mol. The summed E-state index contributed by atoms with van der Waals surface area (Å²) in [5.41, 5.74) is 3.57. The molecule has 1 aromatic heterocycles. The number of nitrogens with one attached hydrogen (secondary N) is 1. The zero-order valence-electron chi connectivity index (χ0n) is 10.7. The van der Waals surface area contributed by atoms with Gasteiger partial charge in [0.2, 0.25) is 0 Å². The normalized spacial score (nSPS) is 10.4. The molecule has 0 unspecified atom stereocenters. The zero-order valence-corrected chi connectivity index (χ0v) is 13.1. The van der Waals surface area contributed by atoms with E-state index in [1.165, 1.54) is 16.0 Å². The highest BCUT2D eigenvalue weighted by Gasteiger charge is 2.08. The number of hydrogen-bond donors (Lipinski definition) is 1. The number of halogens is 1. The van der Waals surface area contributed by atoms with Crippen molar-refractivity contribution in [2.45, 2.75) is 20.4 Å². The first-order chi connectivity index (χ1) is 8.61. The molecule has 0 saturated heterocycles. The van der Waals surface area contributed by atoms with Crippen LogP contribution in [0, 0.1) is 13.8 Å². The van der Waals surface area contributed by atoms with Crippen LogP contribution in [-0.2, 0) is 6.54 Å². The fraction of sp³-hybridized carbons (Fsp3) is 0.286. The number of ether oxygens (including phenoxy) is 1. The average molecular weight is 326 g/mol. The third-order valence-corrected chi connectivity index (χ3v) is 4.36. The average Bonchev–Trinajstić information content (AvgIpc) is 2.73. The van der Waals surface area contributed by atoms with Crippen LogP contribution < -0.4 is 10.1 Å². The summed E-state index contributed by atoms with van der Waals surface area (Å²) < 4.78 is 6.45. The summed E-state index contributed by atoms with van der Waals surface area (Å²) in [5, 5.41) is 5.59. The molecule has 1 heterocycles. The van der Waals surface area contributed by atoms with Gasteiger partial charge in [0.15, 0.2) is 0 Å². The van der Waals surface area contributed by atoms with Gasteiger partial charge in [-0.1, -0.05) is 15.9 Å². The van der Waals surface area contributed by atoms with Gasteiger partial charge in [-0.05, 0) is 48.6 Å². The number of hydrogen-bond acceptors (Lipinski definition) is 3. The maximum absolute atomic E-state index is 5.42. The van der Waals surface area contributed by atoms with Crippen LogP contribution in [-0.4, -0.2) is 7.11 Å². The largest absolute Gasteiger partial charge is 0.495 e. The third-order valence-electron chi connectivity index (χ3n) is 2.88. The Hall–Kier alpha value is -1.00. The van der Waals surface area contributed by atoms with Crippen LogP contribution in [0.3, 0.4) is 0 Å². The first kappa shape index (κ1) is 13.4. The number of rotatable bonds is 4. The molecule has 0 fully saturated rings. The van der Waals surface area contributed by atoms with E-state index in [2.05, 4.69) is 52.6 Å². The van der Waals surface area contributed by atoms with Gasteiger partial charge in [0.1, 0.15) is 5.75 Å². The summed E-state index contributed by atoms with van der Waals surface area (Å²) in [4.78, 5) is 1.36. The molecule has 96 valence electrons. The summed E-state index contributed by atoms with van der Waals surface area (Å²) in [5.74, 6) is 0.871. The molecule has 0 atom stereocenters. The molecule has 1 aromatic carbocycles. The number of benzene rings is 1. The van der Waals surface area contributed by atoms with Crippen molar-refractivity contribution in [2.75, 3.05) is 12.4 Å². The van der Waals surface area contributed by atoms with Crippen molar-refractivity contribution < 1.29 is 4.74 Å². The Morgan fingerprint density at radius 2 is 2.06 bits per heavy atom. The van der Waals surface area contributed by atoms with Crippen LogP contribution in [0.2, 0.25) is 0 Å². The van der Waals surface area contributed by atoms with Crippen LogP contribution in [0.1, 0.15) is 16.0 Å². The smallest absolute Gasteiger partial charge is 0.143 e. The van der Waals surface area contributed by atoms with E-state index in [0.29, 0.717) is 0 Å². The van der Waals surface area contributed by atoms with Crippen molar-refractivity contribution in [2.24, 2.45) is 0 Å². The van der Waals surface area contributed by atoms with Crippen molar-refractivity contribution in [1.82, 2.24) is 0 Å². The molecule has 0 aliphatic rings. The molecule has 0 saturated carbocycles. The number of aryl methyl sites for hydroxylation is 2. The summed E-state index contributed by atoms with van der Waals surface area (Å²) in [6.45, 7) is 5.05. The topological polar surface area (TPSA) is 21.3 Å². The second kappa shape index (κ2) is 5.76. The van der Waals surface area contributed by atoms with Gasteiger partial charge in [0, 0.05) is 15.9 Å². The van der Waals surface area contributed by atoms with E-state index in [4.69, 9.17) is 4.74 Å². The second-order valence-electron chi connectivity index (χ2n) is 4.18. The molecule has 18 heavy (non-hydrogen) atoms. The van der Waals surface area contributed by atoms with Gasteiger partial charge >= 0.3 is 0 Å². The lowest BCUT2D eigenvalue weighted by Crippen LogP contribution is -2.03. The first-order valence-corrected chi connectivity index (χ1v) is 7.40. The van der Waals surface area contributed by atoms with Crippen LogP contribution in [0.4, 0.5) is 5.69 Å². The van der Waals surface area contributed by atoms with Gasteiger partial charge in [0.05, 0.1) is 12.8 Å². The lowest BCUT2D eigenvalue weighted by Gasteiger charge is -2.14. The van der Waals surface area contributed by atoms with Crippen LogP contribution >= 0.6 is 27.3 Å². The highest BCUT2D eigenvalue weighted by atomic mass is 79.9. The Kier molecular flexibility index (Phi) is 4.30. The summed E-state index contributed by atoms with van der Waals surface area (Å²) in [7, 11) is 1.70. The minimum Gasteiger partial charge on any atom is -0.495 e. The standard InChI is InChI=1S/C14H16BrNOS/c1-9-4-5-18-13(9)8-16-14-10(2)6-11(15)7-12(14)17-3/h4-7,16H,8H2,1-3H3. The van der Waals surface area contributed by atoms with Gasteiger partial charge < -0.3 is 10.1 Å². The maximum atomic E-state index is 5.42. The highest BCUT2D eigenvalue weighted by Crippen LogP contribution is 2.32. The molecule has 0 aliphatic heterocycles. The number of thiophene rings is 1. The van der Waals surface area contributed by atoms with E-state index in [9.17, 15) is 0 Å². The van der Waals surface area contributed by atoms with Crippen LogP contribution in [0.15, 0.2) is 28.1 Å². The Labute approximate surface area is 120 Å². The van der Waals surface area contributed by atoms with Crippen molar-refractivity contribution in [3.63, 3.8) is 0 Å². The van der Waals surface area contributed by atoms with Gasteiger partial charge in [-0.15, -0.1) is 11.3 Å². The van der Waals surface area contributed by atoms with E-state index >= 15 is 0 Å². The van der Waals surface area contributed by atoms with Gasteiger partial charge in [-0.2, -0.15) is 0 Å². The molecular weight excluding hydrogens is 310 g/mol. The maximum Gasteiger partial charge on any atom is 0.143 e. The molecule has 0 amide bonds. The Bertz CT molecular complexity index is 551. The molecular formula is C14H16BrNOS. The van der Waals surface area contributed by atoms with Crippen molar-refractivity contribution >= 4 is 33.0 Å². The Morgan fingerprint density at radius 3 is 2.67 bits per heavy atom. The van der Waals surface area contributed by atoms with Gasteiger partial charge in [-0.3, -0.25) is 0 Å². The number of methoxy groups -OCH3 is 1. The molecule has 4 heteroatoms. The van der Waals surface area contributed by atoms with Crippen LogP contribution in [0.5, 0.6) is 5.75 Å². The Balaban J connectivity index is 2.21. The SMILES string of the molecule is COc1cc(Br)cc(C)c1NCc1sccc1C. The zero-order chi connectivity index (χ0) is 13.1. The Morgan fingerprint density at radius 1 is 1.28 bits per heavy atom. The minimum absolute atomic E-state index is 0.836. The molecule has 0 spiro atoms. The van der Waals surface area contributed by atoms with Crippen molar-refractivity contribution in [3.8, 4) is 5.75 Å². The third kappa shape index (κ3) is 2.87. The second-order valence-corrected chi connectivity index (χ2v) is 6.10. The molecule has 2 rings (SSSR count). The van der Waals surface area contributed by atoms with E-state index in [0.717, 1.165) is 22.5 Å². The molecule has 2 nitrogen and oxygen atoms in total. The summed E-state index contributed by atoms with van der Waals surface area (Å²) >= 11 is 5.26. The van der Waals surface area contributed by atoms with E-state index in [1.807, 2.05) is 6.07 Å². The predicted octanol–water partition coefficient (Wildman–Crippen LogP) is 4.75. The van der Waals surface area contributed by atoms with Crippen molar-refractivity contribution in [3.05, 3.63) is 44.1 Å². The van der Waals surface area contributed by atoms with Crippen LogP contribution in [0.25, 0.3) is 0 Å². The molecule has 1 N–H and O–H groups in total. The van der Waals surface area contributed by atoms with E-state index in [-0.39, 0.29) is 0 Å². The first-order valence-electron chi connectivity index (χ1n) is 5.72. The summed E-state index contributed by atoms with van der Waals surface area (Å²) in [6.07, 6.45) is 0. The summed E-state index contributed by atoms with van der Waals surface area (Å²) in [6, 6.07) is 6.22. The lowest BCUT2D eigenvalue weighted by atomic mass is 10.2. The van der Waals surface area contributed by atoms with E-state index in [1.54, 1.807) is 18.4 Å². The van der Waals surface area contributed by atoms with Gasteiger partial charge in [-0.25, -0.2) is 0 Å². The van der Waals surface area contributed by atoms with E-state index < -0.39 is 0 Å². The molecule has 0 aliphatic carbocycles. The quantitative estimate of drug-likeness (QED) is 0.875. The lowest BCUT2D eigenvalue weighted by molar-refractivity contribution is 0.416. The fourth-order valence-corrected chi connectivity index (χ4v) is 3.25. The monoisotopic (exact) mass is 325 g/mol. The fourth-order valence-electron chi connectivity index (χ4n) is 1.85. The minimum atomic E-state index is 0.836. The molecule has 2 aromatic rings. The highest BCUT2D eigenvalue weighted by molar-refractivity contribution is 9.10.